The van der Waals surface area contributed by atoms with Crippen LogP contribution in [0.2, 0.25) is 0 Å². The van der Waals surface area contributed by atoms with Crippen LogP contribution in [0.25, 0.3) is 11.0 Å². The molecule has 0 unspecified atom stereocenters. The molecule has 2 aromatic rings. The van der Waals surface area contributed by atoms with Crippen molar-refractivity contribution in [1.29, 1.82) is 5.41 Å². The predicted molar refractivity (Wildman–Crippen MR) is 64.2 cm³/mol. The van der Waals surface area contributed by atoms with Crippen LogP contribution in [0.4, 0.5) is 0 Å². The van der Waals surface area contributed by atoms with E-state index in [0.29, 0.717) is 11.1 Å². The van der Waals surface area contributed by atoms with Crippen molar-refractivity contribution in [3.05, 3.63) is 40.2 Å². The van der Waals surface area contributed by atoms with Crippen molar-refractivity contribution in [2.45, 2.75) is 6.92 Å². The molecule has 0 radical (unpaired) electrons. The smallest absolute Gasteiger partial charge is 0.379 e. The molecule has 5 heteroatoms. The standard InChI is InChI=1S/C10H8O3.CHNS/c1-6-7-4-2-3-5-8(7)13-10(12)9(6)11;2-1-3/h2-5,11H,1H3;2H. The summed E-state index contributed by atoms with van der Waals surface area (Å²) < 4.78 is 4.87. The average molecular weight is 235 g/mol. The maximum atomic E-state index is 11.0. The van der Waals surface area contributed by atoms with Gasteiger partial charge in [-0.1, -0.05) is 18.2 Å². The van der Waals surface area contributed by atoms with Gasteiger partial charge in [0.2, 0.25) is 5.75 Å². The number of aromatic hydroxyl groups is 1. The number of hydrogen-bond donors (Lipinski definition) is 2. The Balaban J connectivity index is 0.000000386. The number of benzene rings is 1. The summed E-state index contributed by atoms with van der Waals surface area (Å²) in [7, 11) is 0. The lowest BCUT2D eigenvalue weighted by atomic mass is 10.1. The molecule has 16 heavy (non-hydrogen) atoms. The van der Waals surface area contributed by atoms with Crippen molar-refractivity contribution < 1.29 is 9.52 Å². The van der Waals surface area contributed by atoms with Crippen LogP contribution in [0, 0.1) is 12.3 Å². The van der Waals surface area contributed by atoms with E-state index in [2.05, 4.69) is 12.2 Å². The van der Waals surface area contributed by atoms with Crippen LogP contribution in [0.3, 0.4) is 0 Å². The van der Waals surface area contributed by atoms with Gasteiger partial charge in [-0.15, -0.1) is 0 Å². The van der Waals surface area contributed by atoms with Crippen LogP contribution in [-0.4, -0.2) is 10.3 Å². The van der Waals surface area contributed by atoms with E-state index in [1.165, 1.54) is 0 Å². The van der Waals surface area contributed by atoms with E-state index in [-0.39, 0.29) is 5.75 Å². The second-order valence-electron chi connectivity index (χ2n) is 2.96. The van der Waals surface area contributed by atoms with Crippen LogP contribution in [0.1, 0.15) is 5.56 Å². The van der Waals surface area contributed by atoms with Gasteiger partial charge in [0.05, 0.1) is 5.16 Å². The molecule has 1 aromatic carbocycles. The summed E-state index contributed by atoms with van der Waals surface area (Å²) in [4.78, 5) is 11.0. The second-order valence-corrected chi connectivity index (χ2v) is 3.17. The normalized spacial score (nSPS) is 9.06. The Hall–Kier alpha value is -1.97. The maximum Gasteiger partial charge on any atom is 0.379 e. The highest BCUT2D eigenvalue weighted by atomic mass is 32.1. The van der Waals surface area contributed by atoms with Gasteiger partial charge in [0.25, 0.3) is 0 Å². The van der Waals surface area contributed by atoms with Crippen molar-refractivity contribution in [2.75, 3.05) is 0 Å². The summed E-state index contributed by atoms with van der Waals surface area (Å²) in [6.07, 6.45) is 0. The number of thiocarbonyl (C=S) groups is 1. The zero-order valence-electron chi connectivity index (χ0n) is 8.48. The molecule has 0 saturated heterocycles. The van der Waals surface area contributed by atoms with Crippen molar-refractivity contribution in [3.63, 3.8) is 0 Å². The number of hydrogen-bond acceptors (Lipinski definition) is 5. The van der Waals surface area contributed by atoms with Crippen LogP contribution in [-0.2, 0) is 0 Å². The molecule has 2 N–H and O–H groups in total. The van der Waals surface area contributed by atoms with E-state index in [1.807, 2.05) is 6.07 Å². The average Bonchev–Trinajstić information content (AvgIpc) is 2.27. The van der Waals surface area contributed by atoms with Gasteiger partial charge in [0, 0.05) is 10.9 Å². The number of aryl methyl sites for hydroxylation is 1. The van der Waals surface area contributed by atoms with Crippen molar-refractivity contribution >= 4 is 28.3 Å². The van der Waals surface area contributed by atoms with E-state index < -0.39 is 5.63 Å². The van der Waals surface area contributed by atoms with Gasteiger partial charge in [-0.25, -0.2) is 10.2 Å². The Morgan fingerprint density at radius 2 is 2.00 bits per heavy atom. The molecule has 0 aliphatic rings. The first-order valence-electron chi connectivity index (χ1n) is 4.37. The summed E-state index contributed by atoms with van der Waals surface area (Å²) in [5, 5.41) is 17.4. The maximum absolute atomic E-state index is 11.0. The van der Waals surface area contributed by atoms with Crippen molar-refractivity contribution in [3.8, 4) is 5.75 Å². The Morgan fingerprint density at radius 3 is 2.62 bits per heavy atom. The number of para-hydroxylation sites is 1. The quantitative estimate of drug-likeness (QED) is 0.418. The molecule has 4 nitrogen and oxygen atoms in total. The highest BCUT2D eigenvalue weighted by Gasteiger charge is 2.07. The summed E-state index contributed by atoms with van der Waals surface area (Å²) in [5.74, 6) is -0.307. The minimum absolute atomic E-state index is 0.307. The Bertz CT molecular complexity index is 598. The summed E-state index contributed by atoms with van der Waals surface area (Å²) in [6, 6.07) is 7.10. The minimum atomic E-state index is -0.684. The first kappa shape index (κ1) is 12.1. The molecular weight excluding hydrogens is 226 g/mol. The fourth-order valence-corrected chi connectivity index (χ4v) is 1.29. The topological polar surface area (TPSA) is 74.3 Å². The van der Waals surface area contributed by atoms with E-state index >= 15 is 0 Å². The molecule has 0 aliphatic carbocycles. The number of nitrogens with one attached hydrogen (secondary N) is 1. The largest absolute Gasteiger partial charge is 0.502 e. The first-order valence-corrected chi connectivity index (χ1v) is 4.78. The Morgan fingerprint density at radius 1 is 1.44 bits per heavy atom. The fraction of sp³-hybridized carbons (Fsp3) is 0.0909. The summed E-state index contributed by atoms with van der Waals surface area (Å²) in [5.41, 5.74) is 0.380. The van der Waals surface area contributed by atoms with E-state index in [4.69, 9.17) is 9.83 Å². The molecule has 1 aromatic heterocycles. The third kappa shape index (κ3) is 2.34. The Kier molecular flexibility index (Phi) is 3.94. The second kappa shape index (κ2) is 5.21. The molecule has 0 saturated carbocycles. The van der Waals surface area contributed by atoms with Gasteiger partial charge in [0.15, 0.2) is 0 Å². The monoisotopic (exact) mass is 235 g/mol. The van der Waals surface area contributed by atoms with Gasteiger partial charge in [-0.05, 0) is 25.2 Å². The van der Waals surface area contributed by atoms with Gasteiger partial charge in [-0.3, -0.25) is 0 Å². The zero-order valence-corrected chi connectivity index (χ0v) is 9.30. The third-order valence-electron chi connectivity index (χ3n) is 2.04. The summed E-state index contributed by atoms with van der Waals surface area (Å²) >= 11 is 3.81. The zero-order chi connectivity index (χ0) is 12.1. The van der Waals surface area contributed by atoms with Crippen LogP contribution < -0.4 is 5.63 Å². The van der Waals surface area contributed by atoms with Crippen LogP contribution in [0.5, 0.6) is 5.75 Å². The number of rotatable bonds is 0. The molecule has 0 fully saturated rings. The molecule has 0 spiro atoms. The van der Waals surface area contributed by atoms with Gasteiger partial charge < -0.3 is 9.52 Å². The first-order chi connectivity index (χ1) is 7.61. The third-order valence-corrected chi connectivity index (χ3v) is 2.04. The van der Waals surface area contributed by atoms with Crippen LogP contribution >= 0.6 is 12.2 Å². The van der Waals surface area contributed by atoms with Gasteiger partial charge in [0.1, 0.15) is 5.58 Å². The Labute approximate surface area is 96.7 Å². The molecule has 2 rings (SSSR count). The highest BCUT2D eigenvalue weighted by Crippen LogP contribution is 2.21. The molecule has 0 atom stereocenters. The summed E-state index contributed by atoms with van der Waals surface area (Å²) in [6.45, 7) is 1.69. The molecular formula is C11H9NO3S. The predicted octanol–water partition coefficient (Wildman–Crippen LogP) is 2.47. The molecule has 0 amide bonds. The number of isothiocyanates is 1. The van der Waals surface area contributed by atoms with Gasteiger partial charge >= 0.3 is 5.63 Å². The lowest BCUT2D eigenvalue weighted by Gasteiger charge is -2.00. The molecule has 0 aliphatic heterocycles. The van der Waals surface area contributed by atoms with Crippen LogP contribution in [0.15, 0.2) is 33.5 Å². The number of fused-ring (bicyclic) bond motifs is 1. The fourth-order valence-electron chi connectivity index (χ4n) is 1.29. The minimum Gasteiger partial charge on any atom is -0.502 e. The highest BCUT2D eigenvalue weighted by molar-refractivity contribution is 7.78. The van der Waals surface area contributed by atoms with Crippen molar-refractivity contribution in [1.82, 2.24) is 0 Å². The van der Waals surface area contributed by atoms with E-state index in [0.717, 1.165) is 5.39 Å². The molecule has 1 heterocycles. The van der Waals surface area contributed by atoms with Crippen molar-refractivity contribution in [2.24, 2.45) is 0 Å². The molecule has 82 valence electrons. The lowest BCUT2D eigenvalue weighted by molar-refractivity contribution is 0.424. The lowest BCUT2D eigenvalue weighted by Crippen LogP contribution is -1.99. The van der Waals surface area contributed by atoms with E-state index in [1.54, 1.807) is 30.3 Å². The van der Waals surface area contributed by atoms with E-state index in [9.17, 15) is 9.90 Å². The SMILES string of the molecule is Cc1c(O)c(=O)oc2ccccc12.N=C=S. The van der Waals surface area contributed by atoms with Gasteiger partial charge in [-0.2, -0.15) is 0 Å². The molecule has 0 bridgehead atoms.